The van der Waals surface area contributed by atoms with Crippen molar-refractivity contribution in [3.8, 4) is 0 Å². The molecule has 23 heavy (non-hydrogen) atoms. The van der Waals surface area contributed by atoms with Gasteiger partial charge in [0.15, 0.2) is 0 Å². The molecule has 0 aromatic carbocycles. The summed E-state index contributed by atoms with van der Waals surface area (Å²) in [6.45, 7) is 2.29. The molecule has 0 radical (unpaired) electrons. The van der Waals surface area contributed by atoms with Gasteiger partial charge in [-0.1, -0.05) is 5.57 Å². The molecule has 0 unspecified atom stereocenters. The lowest BCUT2D eigenvalue weighted by molar-refractivity contribution is 0.313. The van der Waals surface area contributed by atoms with Crippen LogP contribution < -0.4 is 0 Å². The minimum atomic E-state index is 0. The van der Waals surface area contributed by atoms with E-state index in [2.05, 4.69) is 45.2 Å². The molecule has 2 aromatic heterocycles. The van der Waals surface area contributed by atoms with E-state index in [9.17, 15) is 0 Å². The average molecular weight is 374 g/mol. The van der Waals surface area contributed by atoms with Gasteiger partial charge in [-0.25, -0.2) is 4.98 Å². The zero-order chi connectivity index (χ0) is 13.5. The third-order valence-electron chi connectivity index (χ3n) is 4.19. The van der Waals surface area contributed by atoms with Crippen LogP contribution in [0.1, 0.15) is 29.1 Å². The van der Waals surface area contributed by atoms with E-state index >= 15 is 0 Å². The molecule has 1 fully saturated rings. The number of thiophene rings is 1. The molecule has 1 saturated heterocycles. The maximum Gasteiger partial charge on any atom is 0.144 e. The lowest BCUT2D eigenvalue weighted by atomic mass is 9.93. The molecule has 2 aliphatic rings. The molecule has 4 heterocycles. The molecule has 4 rings (SSSR count). The van der Waals surface area contributed by atoms with Gasteiger partial charge in [-0.05, 0) is 37.4 Å². The molecule has 4 nitrogen and oxygen atoms in total. The monoisotopic (exact) mass is 373 g/mol. The standard InChI is InChI=1S/C16H17N3S.2ClH.H2O/c1-18-7-2-12(3-8-18)15-13-5-11-20-14(13)4-9-19-10-6-17-16(15)19;;;/h4-6,9-11H,2-3,7-8H2,1H3;2*1H;1H2. The van der Waals surface area contributed by atoms with Gasteiger partial charge in [0.2, 0.25) is 0 Å². The second kappa shape index (κ2) is 8.13. The van der Waals surface area contributed by atoms with Crippen molar-refractivity contribution in [3.05, 3.63) is 45.7 Å². The average Bonchev–Trinajstić information content (AvgIpc) is 3.07. The van der Waals surface area contributed by atoms with Crippen molar-refractivity contribution in [2.24, 2.45) is 0 Å². The number of likely N-dealkylation sites (tertiary alicyclic amines) is 1. The Balaban J connectivity index is 0.000000882. The Morgan fingerprint density at radius 1 is 1.17 bits per heavy atom. The van der Waals surface area contributed by atoms with Gasteiger partial charge in [-0.3, -0.25) is 0 Å². The van der Waals surface area contributed by atoms with Crippen molar-refractivity contribution in [1.82, 2.24) is 14.5 Å². The predicted molar refractivity (Wildman–Crippen MR) is 103 cm³/mol. The zero-order valence-corrected chi connectivity index (χ0v) is 15.3. The van der Waals surface area contributed by atoms with E-state index in [1.165, 1.54) is 16.0 Å². The molecule has 7 heteroatoms. The van der Waals surface area contributed by atoms with Gasteiger partial charge in [0.25, 0.3) is 0 Å². The quantitative estimate of drug-likeness (QED) is 0.605. The lowest BCUT2D eigenvalue weighted by Crippen LogP contribution is -2.27. The Hall–Kier alpha value is -1.11. The highest BCUT2D eigenvalue weighted by Gasteiger charge is 2.23. The number of halogens is 2. The summed E-state index contributed by atoms with van der Waals surface area (Å²) in [5.41, 5.74) is 4.28. The maximum atomic E-state index is 4.62. The van der Waals surface area contributed by atoms with Crippen LogP contribution in [-0.2, 0) is 0 Å². The van der Waals surface area contributed by atoms with Gasteiger partial charge in [-0.15, -0.1) is 36.2 Å². The molecule has 126 valence electrons. The fraction of sp³-hybridized carbons (Fsp3) is 0.312. The predicted octanol–water partition coefficient (Wildman–Crippen LogP) is 3.43. The van der Waals surface area contributed by atoms with E-state index in [0.29, 0.717) is 0 Å². The Morgan fingerprint density at radius 3 is 2.65 bits per heavy atom. The van der Waals surface area contributed by atoms with Crippen molar-refractivity contribution in [3.63, 3.8) is 0 Å². The van der Waals surface area contributed by atoms with E-state index in [1.807, 2.05) is 23.7 Å². The number of hydrogen-bond donors (Lipinski definition) is 0. The van der Waals surface area contributed by atoms with Gasteiger partial charge in [0.1, 0.15) is 5.82 Å². The number of rotatable bonds is 0. The fourth-order valence-electron chi connectivity index (χ4n) is 3.04. The first-order valence-corrected chi connectivity index (χ1v) is 7.91. The van der Waals surface area contributed by atoms with Crippen LogP contribution in [0.2, 0.25) is 0 Å². The van der Waals surface area contributed by atoms with E-state index in [-0.39, 0.29) is 30.3 Å². The van der Waals surface area contributed by atoms with Crippen LogP contribution in [0.4, 0.5) is 0 Å². The third kappa shape index (κ3) is 3.54. The van der Waals surface area contributed by atoms with E-state index in [0.717, 1.165) is 31.8 Å². The molecular weight excluding hydrogens is 353 g/mol. The molecule has 2 aliphatic heterocycles. The minimum Gasteiger partial charge on any atom is -0.412 e. The molecule has 0 bridgehead atoms. The van der Waals surface area contributed by atoms with Gasteiger partial charge < -0.3 is 14.9 Å². The van der Waals surface area contributed by atoms with Crippen LogP contribution in [-0.4, -0.2) is 40.1 Å². The number of aromatic nitrogens is 2. The minimum absolute atomic E-state index is 0. The van der Waals surface area contributed by atoms with Crippen molar-refractivity contribution >= 4 is 54.0 Å². The number of fused-ring (bicyclic) bond motifs is 2. The summed E-state index contributed by atoms with van der Waals surface area (Å²) < 4.78 is 2.15. The van der Waals surface area contributed by atoms with E-state index < -0.39 is 0 Å². The maximum absolute atomic E-state index is 4.62. The molecule has 0 atom stereocenters. The highest BCUT2D eigenvalue weighted by Crippen LogP contribution is 2.37. The summed E-state index contributed by atoms with van der Waals surface area (Å²) in [4.78, 5) is 8.36. The summed E-state index contributed by atoms with van der Waals surface area (Å²) in [5, 5.41) is 2.18. The van der Waals surface area contributed by atoms with Crippen molar-refractivity contribution < 1.29 is 5.48 Å². The first-order chi connectivity index (χ1) is 9.83. The summed E-state index contributed by atoms with van der Waals surface area (Å²) in [6.07, 6.45) is 10.6. The van der Waals surface area contributed by atoms with Crippen molar-refractivity contribution in [1.29, 1.82) is 0 Å². The first-order valence-electron chi connectivity index (χ1n) is 7.03. The molecule has 0 saturated carbocycles. The van der Waals surface area contributed by atoms with Crippen molar-refractivity contribution in [2.45, 2.75) is 12.8 Å². The van der Waals surface area contributed by atoms with Gasteiger partial charge in [0, 0.05) is 47.7 Å². The lowest BCUT2D eigenvalue weighted by Gasteiger charge is -2.26. The Morgan fingerprint density at radius 2 is 1.91 bits per heavy atom. The molecule has 2 N–H and O–H groups in total. The molecule has 2 aromatic rings. The highest BCUT2D eigenvalue weighted by atomic mass is 35.5. The summed E-state index contributed by atoms with van der Waals surface area (Å²) in [6, 6.07) is 2.25. The zero-order valence-electron chi connectivity index (χ0n) is 12.9. The summed E-state index contributed by atoms with van der Waals surface area (Å²) >= 11 is 1.81. The van der Waals surface area contributed by atoms with Gasteiger partial charge >= 0.3 is 0 Å². The molecule has 0 aliphatic carbocycles. The summed E-state index contributed by atoms with van der Waals surface area (Å²) in [7, 11) is 2.20. The SMILES string of the molecule is CN1CCC(=C2c3ccsc3C=Cn3ccnc32)CC1.Cl.Cl.O. The largest absolute Gasteiger partial charge is 0.412 e. The second-order valence-electron chi connectivity index (χ2n) is 5.45. The van der Waals surface area contributed by atoms with Crippen LogP contribution >= 0.6 is 36.2 Å². The second-order valence-corrected chi connectivity index (χ2v) is 6.40. The number of imidazole rings is 1. The Kier molecular flexibility index (Phi) is 7.04. The number of nitrogens with zero attached hydrogens (tertiary/aromatic N) is 3. The smallest absolute Gasteiger partial charge is 0.144 e. The Bertz CT molecular complexity index is 664. The van der Waals surface area contributed by atoms with Gasteiger partial charge in [0.05, 0.1) is 0 Å². The topological polar surface area (TPSA) is 52.6 Å². The van der Waals surface area contributed by atoms with Gasteiger partial charge in [-0.2, -0.15) is 0 Å². The van der Waals surface area contributed by atoms with Crippen LogP contribution in [0.25, 0.3) is 17.8 Å². The highest BCUT2D eigenvalue weighted by molar-refractivity contribution is 7.11. The first kappa shape index (κ1) is 19.9. The van der Waals surface area contributed by atoms with Crippen LogP contribution in [0.15, 0.2) is 29.4 Å². The van der Waals surface area contributed by atoms with Crippen LogP contribution in [0, 0.1) is 0 Å². The van der Waals surface area contributed by atoms with Crippen molar-refractivity contribution in [2.75, 3.05) is 20.1 Å². The van der Waals surface area contributed by atoms with E-state index in [1.54, 1.807) is 5.57 Å². The number of piperidine rings is 1. The van der Waals surface area contributed by atoms with E-state index in [4.69, 9.17) is 0 Å². The fourth-order valence-corrected chi connectivity index (χ4v) is 3.83. The molecular formula is C16H21Cl2N3OS. The third-order valence-corrected chi connectivity index (χ3v) is 5.07. The number of hydrogen-bond acceptors (Lipinski definition) is 3. The molecule has 0 spiro atoms. The molecule has 0 amide bonds. The Labute approximate surface area is 152 Å². The van der Waals surface area contributed by atoms with Crippen LogP contribution in [0.5, 0.6) is 0 Å². The normalized spacial score (nSPS) is 16.4. The summed E-state index contributed by atoms with van der Waals surface area (Å²) in [5.74, 6) is 1.10. The van der Waals surface area contributed by atoms with Crippen LogP contribution in [0.3, 0.4) is 0 Å².